The maximum atomic E-state index is 13.3. The highest BCUT2D eigenvalue weighted by Gasteiger charge is 2.23. The van der Waals surface area contributed by atoms with Crippen molar-refractivity contribution in [3.8, 4) is 5.75 Å². The van der Waals surface area contributed by atoms with Crippen LogP contribution in [0.5, 0.6) is 5.75 Å². The molecule has 1 saturated heterocycles. The fourth-order valence-electron chi connectivity index (χ4n) is 3.95. The Morgan fingerprint density at radius 1 is 1.00 bits per heavy atom. The van der Waals surface area contributed by atoms with Gasteiger partial charge < -0.3 is 36.5 Å². The van der Waals surface area contributed by atoms with Crippen molar-refractivity contribution in [3.05, 3.63) is 95.9 Å². The first-order valence-electron chi connectivity index (χ1n) is 13.0. The van der Waals surface area contributed by atoms with Crippen molar-refractivity contribution in [1.29, 1.82) is 0 Å². The number of anilines is 2. The summed E-state index contributed by atoms with van der Waals surface area (Å²) in [4.78, 5) is 27.7. The lowest BCUT2D eigenvalue weighted by Crippen LogP contribution is -2.39. The third-order valence-electron chi connectivity index (χ3n) is 6.02. The molecule has 6 N–H and O–H groups in total. The Bertz CT molecular complexity index is 1250. The molecule has 3 rings (SSSR count). The molecular weight excluding hydrogens is 506 g/mol. The molecule has 2 aromatic rings. The maximum Gasteiger partial charge on any atom is 0.271 e. The number of piperidine rings is 1. The third kappa shape index (κ3) is 9.36. The molecule has 1 aliphatic rings. The summed E-state index contributed by atoms with van der Waals surface area (Å²) < 4.78 is 9.62. The van der Waals surface area contributed by atoms with E-state index in [2.05, 4.69) is 21.9 Å². The van der Waals surface area contributed by atoms with E-state index in [-0.39, 0.29) is 17.5 Å². The van der Waals surface area contributed by atoms with Crippen LogP contribution < -0.4 is 26.8 Å². The van der Waals surface area contributed by atoms with Gasteiger partial charge in [0, 0.05) is 55.5 Å². The van der Waals surface area contributed by atoms with E-state index in [9.17, 15) is 9.59 Å². The molecular formula is C31H41N5O4. The monoisotopic (exact) mass is 547 g/mol. The number of nitrogens with zero attached hydrogens (tertiary/aromatic N) is 1. The first kappa shape index (κ1) is 31.7. The summed E-state index contributed by atoms with van der Waals surface area (Å²) >= 11 is 0. The van der Waals surface area contributed by atoms with Crippen molar-refractivity contribution < 1.29 is 19.1 Å². The van der Waals surface area contributed by atoms with E-state index >= 15 is 0 Å². The zero-order valence-electron chi connectivity index (χ0n) is 23.8. The molecule has 0 aromatic heterocycles. The number of hydrogen-bond donors (Lipinski definition) is 4. The van der Waals surface area contributed by atoms with Gasteiger partial charge in [-0.15, -0.1) is 0 Å². The van der Waals surface area contributed by atoms with Gasteiger partial charge in [0.15, 0.2) is 0 Å². The van der Waals surface area contributed by atoms with Crippen molar-refractivity contribution >= 4 is 28.9 Å². The summed E-state index contributed by atoms with van der Waals surface area (Å²) in [5, 5.41) is 6.07. The number of amides is 2. The SMILES string of the molecule is C=C/C(=C\C=C(/C)N/C(=C(/N)C(=O)N1CCCCC1)c1cc(OC)ccc1N)C(=O)Nc1ccccc1.COC. The minimum Gasteiger partial charge on any atom is -0.497 e. The van der Waals surface area contributed by atoms with Crippen molar-refractivity contribution in [3.63, 3.8) is 0 Å². The molecule has 1 heterocycles. The van der Waals surface area contributed by atoms with Gasteiger partial charge in [-0.3, -0.25) is 9.59 Å². The fraction of sp³-hybridized carbons (Fsp3) is 0.290. The normalized spacial score (nSPS) is 14.2. The molecule has 0 bridgehead atoms. The molecule has 9 nitrogen and oxygen atoms in total. The lowest BCUT2D eigenvalue weighted by molar-refractivity contribution is -0.128. The summed E-state index contributed by atoms with van der Waals surface area (Å²) in [6, 6.07) is 14.4. The minimum absolute atomic E-state index is 0.0596. The third-order valence-corrected chi connectivity index (χ3v) is 6.02. The first-order valence-corrected chi connectivity index (χ1v) is 13.0. The van der Waals surface area contributed by atoms with Crippen LogP contribution in [0.25, 0.3) is 5.70 Å². The number of ether oxygens (including phenoxy) is 2. The number of nitrogens with two attached hydrogens (primary N) is 2. The average Bonchev–Trinajstić information content (AvgIpc) is 2.97. The number of benzene rings is 2. The Labute approximate surface area is 237 Å². The van der Waals surface area contributed by atoms with Crippen LogP contribution in [0.4, 0.5) is 11.4 Å². The lowest BCUT2D eigenvalue weighted by atomic mass is 10.0. The highest BCUT2D eigenvalue weighted by molar-refractivity contribution is 6.06. The number of nitrogen functional groups attached to an aromatic ring is 1. The number of methoxy groups -OCH3 is 2. The summed E-state index contributed by atoms with van der Waals surface area (Å²) in [6.07, 6.45) is 7.83. The molecule has 2 aromatic carbocycles. The molecule has 0 atom stereocenters. The number of likely N-dealkylation sites (tertiary alicyclic amines) is 1. The molecule has 2 amide bonds. The van der Waals surface area contributed by atoms with Crippen LogP contribution >= 0.6 is 0 Å². The van der Waals surface area contributed by atoms with Gasteiger partial charge in [-0.2, -0.15) is 0 Å². The average molecular weight is 548 g/mol. The van der Waals surface area contributed by atoms with Gasteiger partial charge in [-0.05, 0) is 68.7 Å². The predicted octanol–water partition coefficient (Wildman–Crippen LogP) is 4.42. The molecule has 1 aliphatic heterocycles. The van der Waals surface area contributed by atoms with Crippen LogP contribution in [0.15, 0.2) is 90.3 Å². The molecule has 0 spiro atoms. The molecule has 0 radical (unpaired) electrons. The molecule has 214 valence electrons. The number of para-hydroxylation sites is 1. The summed E-state index contributed by atoms with van der Waals surface area (Å²) in [5.41, 5.74) is 15.9. The number of hydrogen-bond acceptors (Lipinski definition) is 7. The quantitative estimate of drug-likeness (QED) is 0.208. The number of carbonyl (C=O) groups excluding carboxylic acids is 2. The Morgan fingerprint density at radius 3 is 2.25 bits per heavy atom. The van der Waals surface area contributed by atoms with E-state index in [4.69, 9.17) is 16.2 Å². The molecule has 0 aliphatic carbocycles. The second-order valence-electron chi connectivity index (χ2n) is 9.12. The second-order valence-corrected chi connectivity index (χ2v) is 9.12. The van der Waals surface area contributed by atoms with Gasteiger partial charge in [0.05, 0.1) is 12.8 Å². The van der Waals surface area contributed by atoms with Gasteiger partial charge in [0.2, 0.25) is 0 Å². The number of nitrogens with one attached hydrogen (secondary N) is 2. The van der Waals surface area contributed by atoms with E-state index in [0.29, 0.717) is 52.7 Å². The molecule has 0 saturated carbocycles. The highest BCUT2D eigenvalue weighted by Crippen LogP contribution is 2.28. The van der Waals surface area contributed by atoms with Crippen LogP contribution in [0, 0.1) is 0 Å². The summed E-state index contributed by atoms with van der Waals surface area (Å²) in [6.45, 7) is 6.89. The van der Waals surface area contributed by atoms with Gasteiger partial charge in [0.1, 0.15) is 11.4 Å². The molecule has 1 fully saturated rings. The van der Waals surface area contributed by atoms with Crippen molar-refractivity contribution in [1.82, 2.24) is 10.2 Å². The van der Waals surface area contributed by atoms with E-state index < -0.39 is 0 Å². The van der Waals surface area contributed by atoms with E-state index in [0.717, 1.165) is 19.3 Å². The Morgan fingerprint density at radius 2 is 1.65 bits per heavy atom. The van der Waals surface area contributed by atoms with Crippen LogP contribution in [0.1, 0.15) is 31.7 Å². The van der Waals surface area contributed by atoms with E-state index in [1.54, 1.807) is 75.6 Å². The molecule has 40 heavy (non-hydrogen) atoms. The Kier molecular flexibility index (Phi) is 13.1. The van der Waals surface area contributed by atoms with Crippen LogP contribution in [-0.2, 0) is 14.3 Å². The summed E-state index contributed by atoms with van der Waals surface area (Å²) in [5.74, 6) is 0.0365. The van der Waals surface area contributed by atoms with Gasteiger partial charge in [-0.25, -0.2) is 0 Å². The zero-order chi connectivity index (χ0) is 29.5. The van der Waals surface area contributed by atoms with Crippen LogP contribution in [0.3, 0.4) is 0 Å². The molecule has 9 heteroatoms. The zero-order valence-corrected chi connectivity index (χ0v) is 23.8. The minimum atomic E-state index is -0.294. The van der Waals surface area contributed by atoms with Gasteiger partial charge in [0.25, 0.3) is 11.8 Å². The standard InChI is InChI=1S/C29H35N5O3.C2H6O/c1-4-21(28(35)33-22-11-7-5-8-12-22)14-13-20(2)32-27(24-19-23(37-3)15-16-25(24)30)26(31)29(36)34-17-9-6-10-18-34;1-3-2/h4-5,7-8,11-16,19,32H,1,6,9-10,17-18,30-31H2,2-3H3,(H,33,35);1-2H3/b20-13+,21-14+,27-26+;. The lowest BCUT2D eigenvalue weighted by Gasteiger charge is -2.28. The Hall–Kier alpha value is -4.50. The number of rotatable bonds is 9. The highest BCUT2D eigenvalue weighted by atomic mass is 16.5. The number of carbonyl (C=O) groups is 2. The Balaban J connectivity index is 0.00000178. The smallest absolute Gasteiger partial charge is 0.271 e. The second kappa shape index (κ2) is 16.5. The maximum absolute atomic E-state index is 13.3. The fourth-order valence-corrected chi connectivity index (χ4v) is 3.95. The van der Waals surface area contributed by atoms with Gasteiger partial charge >= 0.3 is 0 Å². The van der Waals surface area contributed by atoms with Crippen molar-refractivity contribution in [2.45, 2.75) is 26.2 Å². The largest absolute Gasteiger partial charge is 0.497 e. The van der Waals surface area contributed by atoms with Gasteiger partial charge in [-0.1, -0.05) is 30.9 Å². The van der Waals surface area contributed by atoms with Crippen molar-refractivity contribution in [2.24, 2.45) is 5.73 Å². The van der Waals surface area contributed by atoms with E-state index in [1.165, 1.54) is 6.08 Å². The number of allylic oxidation sites excluding steroid dienone is 3. The van der Waals surface area contributed by atoms with E-state index in [1.807, 2.05) is 18.2 Å². The topological polar surface area (TPSA) is 132 Å². The molecule has 0 unspecified atom stereocenters. The first-order chi connectivity index (χ1) is 19.2. The van der Waals surface area contributed by atoms with Crippen molar-refractivity contribution in [2.75, 3.05) is 45.5 Å². The predicted molar refractivity (Wildman–Crippen MR) is 162 cm³/mol. The van der Waals surface area contributed by atoms with Crippen LogP contribution in [-0.4, -0.2) is 51.1 Å². The van der Waals surface area contributed by atoms with Crippen LogP contribution in [0.2, 0.25) is 0 Å². The summed E-state index contributed by atoms with van der Waals surface area (Å²) in [7, 11) is 4.81.